The van der Waals surface area contributed by atoms with Gasteiger partial charge in [-0.15, -0.1) is 0 Å². The molecule has 2 aliphatic carbocycles. The van der Waals surface area contributed by atoms with Crippen LogP contribution in [0.15, 0.2) is 23.4 Å². The zero-order chi connectivity index (χ0) is 18.2. The van der Waals surface area contributed by atoms with Crippen LogP contribution in [0.4, 0.5) is 10.5 Å². The number of rotatable bonds is 0. The highest BCUT2D eigenvalue weighted by atomic mass is 32.2. The Morgan fingerprint density at radius 3 is 3.00 bits per heavy atom. The van der Waals surface area contributed by atoms with E-state index in [1.807, 2.05) is 16.9 Å². The number of anilines is 1. The van der Waals surface area contributed by atoms with E-state index in [-0.39, 0.29) is 6.03 Å². The van der Waals surface area contributed by atoms with E-state index in [9.17, 15) is 4.79 Å². The average Bonchev–Trinajstić information content (AvgIpc) is 3.38. The molecule has 2 heterocycles. The lowest BCUT2D eigenvalue weighted by atomic mass is 9.90. The van der Waals surface area contributed by atoms with Gasteiger partial charge in [-0.05, 0) is 79.2 Å². The summed E-state index contributed by atoms with van der Waals surface area (Å²) >= 11 is 1.29. The molecular formula is C21H26N4OS. The quantitative estimate of drug-likeness (QED) is 0.643. The van der Waals surface area contributed by atoms with Gasteiger partial charge in [0, 0.05) is 30.4 Å². The Labute approximate surface area is 164 Å². The first-order valence-corrected chi connectivity index (χ1v) is 11.0. The maximum absolute atomic E-state index is 12.7. The van der Waals surface area contributed by atoms with Gasteiger partial charge in [0.2, 0.25) is 0 Å². The van der Waals surface area contributed by atoms with Gasteiger partial charge < -0.3 is 5.32 Å². The molecule has 0 spiro atoms. The minimum absolute atomic E-state index is 0.141. The van der Waals surface area contributed by atoms with Crippen molar-refractivity contribution in [1.29, 1.82) is 0 Å². The first-order valence-electron chi connectivity index (χ1n) is 10.2. The zero-order valence-electron chi connectivity index (χ0n) is 15.6. The van der Waals surface area contributed by atoms with Gasteiger partial charge in [0.05, 0.1) is 0 Å². The Balaban J connectivity index is 1.48. The van der Waals surface area contributed by atoms with Crippen molar-refractivity contribution in [2.45, 2.75) is 75.3 Å². The van der Waals surface area contributed by atoms with Crippen molar-refractivity contribution in [3.8, 4) is 0 Å². The summed E-state index contributed by atoms with van der Waals surface area (Å²) in [5.74, 6) is 0.592. The van der Waals surface area contributed by atoms with E-state index in [1.165, 1.54) is 66.3 Å². The average molecular weight is 383 g/mol. The van der Waals surface area contributed by atoms with Crippen LogP contribution in [-0.4, -0.2) is 15.8 Å². The molecule has 0 saturated heterocycles. The largest absolute Gasteiger partial charge is 0.329 e. The number of aryl methyl sites for hydroxylation is 3. The van der Waals surface area contributed by atoms with Crippen molar-refractivity contribution in [3.63, 3.8) is 0 Å². The highest BCUT2D eigenvalue weighted by molar-refractivity contribution is 7.97. The predicted octanol–water partition coefficient (Wildman–Crippen LogP) is 4.80. The molecule has 2 amide bonds. The molecule has 0 radical (unpaired) electrons. The van der Waals surface area contributed by atoms with Crippen LogP contribution in [0.3, 0.4) is 0 Å². The molecule has 0 saturated carbocycles. The number of carbonyl (C=O) groups excluding carboxylic acids is 1. The Morgan fingerprint density at radius 2 is 2.04 bits per heavy atom. The van der Waals surface area contributed by atoms with Crippen LogP contribution in [0.1, 0.15) is 66.7 Å². The number of nitrogens with one attached hydrogen (secondary N) is 2. The normalized spacial score (nSPS) is 22.2. The first kappa shape index (κ1) is 17.2. The Morgan fingerprint density at radius 1 is 1.07 bits per heavy atom. The SMILES string of the molecule is O=C1NSc2ccn(n2)CCCCCC2CCc3cc4c(c(c32)N1)CCC4. The lowest BCUT2D eigenvalue weighted by Crippen LogP contribution is -2.24. The van der Waals surface area contributed by atoms with Crippen molar-refractivity contribution in [2.24, 2.45) is 0 Å². The maximum atomic E-state index is 12.7. The highest BCUT2D eigenvalue weighted by Crippen LogP contribution is 2.46. The number of aromatic nitrogens is 2. The molecule has 1 aliphatic heterocycles. The lowest BCUT2D eigenvalue weighted by Gasteiger charge is -2.20. The van der Waals surface area contributed by atoms with E-state index in [4.69, 9.17) is 0 Å². The number of nitrogens with zero attached hydrogens (tertiary/aromatic N) is 2. The van der Waals surface area contributed by atoms with Crippen molar-refractivity contribution < 1.29 is 4.79 Å². The molecule has 6 heteroatoms. The Hall–Kier alpha value is -1.95. The Kier molecular flexibility index (Phi) is 4.60. The van der Waals surface area contributed by atoms with Crippen LogP contribution in [0.2, 0.25) is 0 Å². The smallest absolute Gasteiger partial charge is 0.307 e. The number of fused-ring (bicyclic) bond motifs is 4. The summed E-state index contributed by atoms with van der Waals surface area (Å²) in [6.45, 7) is 0.951. The summed E-state index contributed by atoms with van der Waals surface area (Å²) in [4.78, 5) is 12.7. The molecule has 2 aromatic rings. The monoisotopic (exact) mass is 382 g/mol. The van der Waals surface area contributed by atoms with Crippen molar-refractivity contribution >= 4 is 23.7 Å². The fraction of sp³-hybridized carbons (Fsp3) is 0.524. The minimum atomic E-state index is -0.141. The molecule has 1 aromatic carbocycles. The summed E-state index contributed by atoms with van der Waals surface area (Å²) in [7, 11) is 0. The van der Waals surface area contributed by atoms with Gasteiger partial charge in [-0.1, -0.05) is 18.9 Å². The lowest BCUT2D eigenvalue weighted by molar-refractivity contribution is 0.257. The van der Waals surface area contributed by atoms with E-state index in [2.05, 4.69) is 21.2 Å². The van der Waals surface area contributed by atoms with E-state index < -0.39 is 0 Å². The first-order chi connectivity index (χ1) is 13.3. The molecule has 5 rings (SSSR count). The molecule has 2 bridgehead atoms. The van der Waals surface area contributed by atoms with Gasteiger partial charge in [-0.25, -0.2) is 4.79 Å². The molecule has 3 aliphatic rings. The summed E-state index contributed by atoms with van der Waals surface area (Å²) in [5, 5.41) is 8.61. The number of hydrogen-bond acceptors (Lipinski definition) is 3. The molecule has 1 atom stereocenters. The number of hydrogen-bond donors (Lipinski definition) is 2. The van der Waals surface area contributed by atoms with Gasteiger partial charge in [-0.3, -0.25) is 9.40 Å². The fourth-order valence-corrected chi connectivity index (χ4v) is 5.53. The Bertz CT molecular complexity index is 875. The number of urea groups is 1. The van der Waals surface area contributed by atoms with Gasteiger partial charge in [0.15, 0.2) is 0 Å². The fourth-order valence-electron chi connectivity index (χ4n) is 5.00. The number of carbonyl (C=O) groups is 1. The second-order valence-electron chi connectivity index (χ2n) is 7.98. The minimum Gasteiger partial charge on any atom is -0.307 e. The predicted molar refractivity (Wildman–Crippen MR) is 108 cm³/mol. The molecule has 1 aromatic heterocycles. The van der Waals surface area contributed by atoms with Crippen molar-refractivity contribution in [1.82, 2.24) is 14.5 Å². The number of amides is 2. The standard InChI is InChI=1S/C21H26N4OS/c26-21-22-20-17-7-4-6-15(17)13-16-9-8-14(19(16)20)5-2-1-3-11-25-12-10-18(23-25)27-24-21/h10,12-14H,1-9,11H2,(H2,22,24,26). The van der Waals surface area contributed by atoms with E-state index in [0.29, 0.717) is 5.92 Å². The zero-order valence-corrected chi connectivity index (χ0v) is 16.4. The van der Waals surface area contributed by atoms with Gasteiger partial charge in [-0.2, -0.15) is 5.10 Å². The molecule has 0 fully saturated rings. The second kappa shape index (κ2) is 7.23. The second-order valence-corrected chi connectivity index (χ2v) is 8.80. The van der Waals surface area contributed by atoms with Gasteiger partial charge >= 0.3 is 6.03 Å². The van der Waals surface area contributed by atoms with Crippen LogP contribution in [0.5, 0.6) is 0 Å². The van der Waals surface area contributed by atoms with Gasteiger partial charge in [0.25, 0.3) is 0 Å². The van der Waals surface area contributed by atoms with E-state index in [1.54, 1.807) is 0 Å². The van der Waals surface area contributed by atoms with Crippen LogP contribution in [0.25, 0.3) is 0 Å². The third-order valence-electron chi connectivity index (χ3n) is 6.24. The van der Waals surface area contributed by atoms with E-state index in [0.717, 1.165) is 42.9 Å². The summed E-state index contributed by atoms with van der Waals surface area (Å²) in [6, 6.07) is 4.26. The molecule has 142 valence electrons. The summed E-state index contributed by atoms with van der Waals surface area (Å²) < 4.78 is 4.91. The topological polar surface area (TPSA) is 59.0 Å². The van der Waals surface area contributed by atoms with Crippen LogP contribution in [0, 0.1) is 0 Å². The van der Waals surface area contributed by atoms with E-state index >= 15 is 0 Å². The van der Waals surface area contributed by atoms with Crippen LogP contribution < -0.4 is 10.0 Å². The molecular weight excluding hydrogens is 356 g/mol. The van der Waals surface area contributed by atoms with Gasteiger partial charge in [0.1, 0.15) is 5.03 Å². The molecule has 2 N–H and O–H groups in total. The van der Waals surface area contributed by atoms with Crippen molar-refractivity contribution in [2.75, 3.05) is 5.32 Å². The third-order valence-corrected chi connectivity index (χ3v) is 6.95. The van der Waals surface area contributed by atoms with Crippen LogP contribution in [-0.2, 0) is 25.8 Å². The molecule has 1 unspecified atom stereocenters. The summed E-state index contributed by atoms with van der Waals surface area (Å²) in [5.41, 5.74) is 6.88. The highest BCUT2D eigenvalue weighted by Gasteiger charge is 2.30. The maximum Gasteiger partial charge on any atom is 0.329 e. The molecule has 5 nitrogen and oxygen atoms in total. The van der Waals surface area contributed by atoms with Crippen molar-refractivity contribution in [3.05, 3.63) is 40.6 Å². The molecule has 27 heavy (non-hydrogen) atoms. The third kappa shape index (κ3) is 3.35. The van der Waals surface area contributed by atoms with Crippen LogP contribution >= 0.6 is 11.9 Å². The number of benzene rings is 1. The summed E-state index contributed by atoms with van der Waals surface area (Å²) in [6.07, 6.45) is 12.7.